The molecule has 2 aliphatic heterocycles. The highest BCUT2D eigenvalue weighted by molar-refractivity contribution is 5.13. The van der Waals surface area contributed by atoms with E-state index in [4.69, 9.17) is 13.9 Å². The molecule has 1 aromatic carbocycles. The van der Waals surface area contributed by atoms with Crippen molar-refractivity contribution < 1.29 is 13.9 Å². The molecule has 0 radical (unpaired) electrons. The maximum Gasteiger partial charge on any atom is 0.106 e. The molecule has 6 nitrogen and oxygen atoms in total. The Kier molecular flexibility index (Phi) is 28.3. The van der Waals surface area contributed by atoms with Crippen LogP contribution < -0.4 is 0 Å². The van der Waals surface area contributed by atoms with Gasteiger partial charge in [-0.05, 0) is 115 Å². The third-order valence-corrected chi connectivity index (χ3v) is 10.6. The van der Waals surface area contributed by atoms with Crippen molar-refractivity contribution in [2.24, 2.45) is 18.9 Å². The molecule has 3 aromatic rings. The second-order valence-corrected chi connectivity index (χ2v) is 17.3. The summed E-state index contributed by atoms with van der Waals surface area (Å²) in [5.74, 6) is 4.21. The molecule has 3 fully saturated rings. The molecule has 4 heterocycles. The van der Waals surface area contributed by atoms with Crippen molar-refractivity contribution in [2.75, 3.05) is 39.4 Å². The third-order valence-electron chi connectivity index (χ3n) is 10.6. The highest BCUT2D eigenvalue weighted by Crippen LogP contribution is 2.29. The standard InChI is InChI=1S/C10H14O.C9H18.C8H13N.C8H17N.C7H15NO.C7H10O/c1-9(2)11-8-10-6-4-3-5-7-10;1-8(2)9-6-4-3-5-7-9;1-7(2)8-5-4-6-9(8)3;1-8(2)9-6-4-3-5-7-9;1-7(2)8-3-5-9-6-4-8;1-6(2)7-4-3-5-8-7/h3-7,9H,8H2,1-2H3;8-9H,3-7H2,1-2H3;4-7H,1-3H3;8H,3-7H2,1-2H3;7H,3-6H2,1-2H3;3-6H,1-2H3. The van der Waals surface area contributed by atoms with Gasteiger partial charge in [0.2, 0.25) is 0 Å². The van der Waals surface area contributed by atoms with Crippen LogP contribution in [0.1, 0.15) is 163 Å². The monoisotopic (exact) mass is 766 g/mol. The van der Waals surface area contributed by atoms with E-state index in [1.54, 1.807) is 6.26 Å². The van der Waals surface area contributed by atoms with Crippen LogP contribution in [0.4, 0.5) is 0 Å². The summed E-state index contributed by atoms with van der Waals surface area (Å²) in [5.41, 5.74) is 2.64. The Morgan fingerprint density at radius 2 is 1.18 bits per heavy atom. The molecule has 6 rings (SSSR count). The van der Waals surface area contributed by atoms with Crippen LogP contribution in [0.3, 0.4) is 0 Å². The number of morpholine rings is 1. The number of furan rings is 1. The summed E-state index contributed by atoms with van der Waals surface area (Å²) < 4.78 is 17.9. The lowest BCUT2D eigenvalue weighted by atomic mass is 9.82. The van der Waals surface area contributed by atoms with Crippen LogP contribution in [0.5, 0.6) is 0 Å². The highest BCUT2D eigenvalue weighted by Gasteiger charge is 2.16. The Labute approximate surface area is 340 Å². The first-order valence-electron chi connectivity index (χ1n) is 22.1. The minimum Gasteiger partial charge on any atom is -0.469 e. The van der Waals surface area contributed by atoms with Crippen LogP contribution in [0.25, 0.3) is 0 Å². The SMILES string of the molecule is CC(C)C1CCCCC1.CC(C)N1CCCCC1.CC(C)N1CCOCC1.CC(C)OCc1ccccc1.CC(C)c1cccn1C.CC(C)c1ccco1. The Hall–Kier alpha value is -2.38. The molecule has 1 saturated carbocycles. The van der Waals surface area contributed by atoms with Crippen molar-refractivity contribution in [3.8, 4) is 0 Å². The molecule has 0 amide bonds. The average Bonchev–Trinajstić information content (AvgIpc) is 3.90. The molecule has 2 saturated heterocycles. The molecule has 0 spiro atoms. The van der Waals surface area contributed by atoms with E-state index in [0.717, 1.165) is 56.5 Å². The third kappa shape index (κ3) is 24.8. The van der Waals surface area contributed by atoms with E-state index in [-0.39, 0.29) is 0 Å². The van der Waals surface area contributed by atoms with E-state index < -0.39 is 0 Å². The van der Waals surface area contributed by atoms with Gasteiger partial charge in [0.1, 0.15) is 5.76 Å². The van der Waals surface area contributed by atoms with Gasteiger partial charge in [0.05, 0.1) is 32.2 Å². The largest absolute Gasteiger partial charge is 0.469 e. The molecule has 1 aliphatic carbocycles. The first kappa shape index (κ1) is 50.6. The van der Waals surface area contributed by atoms with Crippen LogP contribution >= 0.6 is 0 Å². The minimum atomic E-state index is 0.315. The average molecular weight is 766 g/mol. The summed E-state index contributed by atoms with van der Waals surface area (Å²) in [7, 11) is 2.08. The fraction of sp³-hybridized carbons (Fsp3) is 0.714. The molecule has 0 unspecified atom stereocenters. The van der Waals surface area contributed by atoms with Crippen molar-refractivity contribution in [3.63, 3.8) is 0 Å². The van der Waals surface area contributed by atoms with Crippen molar-refractivity contribution >= 4 is 0 Å². The molecule has 0 N–H and O–H groups in total. The van der Waals surface area contributed by atoms with E-state index in [1.165, 1.54) is 75.7 Å². The molecule has 3 aliphatic rings. The zero-order valence-electron chi connectivity index (χ0n) is 38.1. The van der Waals surface area contributed by atoms with E-state index in [1.807, 2.05) is 44.2 Å². The van der Waals surface area contributed by atoms with E-state index >= 15 is 0 Å². The maximum atomic E-state index is 5.43. The molecular formula is C49H87N3O3. The quantitative estimate of drug-likeness (QED) is 0.228. The first-order valence-corrected chi connectivity index (χ1v) is 22.1. The van der Waals surface area contributed by atoms with E-state index in [2.05, 4.69) is 121 Å². The minimum absolute atomic E-state index is 0.315. The number of likely N-dealkylation sites (tertiary alicyclic amines) is 1. The fourth-order valence-corrected chi connectivity index (χ4v) is 6.86. The van der Waals surface area contributed by atoms with Gasteiger partial charge in [-0.3, -0.25) is 4.90 Å². The Morgan fingerprint density at radius 1 is 0.618 bits per heavy atom. The summed E-state index contributed by atoms with van der Waals surface area (Å²) >= 11 is 0. The number of hydrogen-bond acceptors (Lipinski definition) is 5. The van der Waals surface area contributed by atoms with Crippen molar-refractivity contribution in [1.29, 1.82) is 0 Å². The predicted octanol–water partition coefficient (Wildman–Crippen LogP) is 13.0. The molecule has 55 heavy (non-hydrogen) atoms. The second kappa shape index (κ2) is 30.7. The van der Waals surface area contributed by atoms with Gasteiger partial charge in [0.15, 0.2) is 0 Å². The first-order chi connectivity index (χ1) is 26.2. The molecule has 0 bridgehead atoms. The zero-order valence-corrected chi connectivity index (χ0v) is 38.1. The van der Waals surface area contributed by atoms with Crippen molar-refractivity contribution in [2.45, 2.75) is 171 Å². The highest BCUT2D eigenvalue weighted by atomic mass is 16.5. The zero-order chi connectivity index (χ0) is 41.0. The number of aryl methyl sites for hydroxylation is 1. The topological polar surface area (TPSA) is 43.0 Å². The van der Waals surface area contributed by atoms with E-state index in [0.29, 0.717) is 24.0 Å². The normalized spacial score (nSPS) is 16.6. The van der Waals surface area contributed by atoms with Crippen LogP contribution in [-0.2, 0) is 23.1 Å². The second-order valence-electron chi connectivity index (χ2n) is 17.3. The summed E-state index contributed by atoms with van der Waals surface area (Å²) in [6.45, 7) is 33.9. The molecular weight excluding hydrogens is 679 g/mol. The number of benzene rings is 1. The van der Waals surface area contributed by atoms with Gasteiger partial charge in [0, 0.05) is 50.0 Å². The Balaban J connectivity index is 0.000000331. The number of rotatable bonds is 8. The molecule has 0 atom stereocenters. The number of hydrogen-bond donors (Lipinski definition) is 0. The van der Waals surface area contributed by atoms with E-state index in [9.17, 15) is 0 Å². The predicted molar refractivity (Wildman–Crippen MR) is 238 cm³/mol. The molecule has 316 valence electrons. The summed E-state index contributed by atoms with van der Waals surface area (Å²) in [5, 5.41) is 0. The van der Waals surface area contributed by atoms with Gasteiger partial charge in [-0.25, -0.2) is 0 Å². The van der Waals surface area contributed by atoms with Gasteiger partial charge < -0.3 is 23.4 Å². The van der Waals surface area contributed by atoms with Gasteiger partial charge in [-0.2, -0.15) is 0 Å². The van der Waals surface area contributed by atoms with Crippen molar-refractivity contribution in [3.05, 3.63) is 84.1 Å². The molecule has 2 aromatic heterocycles. The lowest BCUT2D eigenvalue weighted by Crippen LogP contribution is -2.40. The smallest absolute Gasteiger partial charge is 0.106 e. The lowest BCUT2D eigenvalue weighted by molar-refractivity contribution is 0.0238. The summed E-state index contributed by atoms with van der Waals surface area (Å²) in [4.78, 5) is 4.99. The Bertz CT molecular complexity index is 1180. The van der Waals surface area contributed by atoms with Crippen LogP contribution in [0.15, 0.2) is 71.5 Å². The number of ether oxygens (including phenoxy) is 2. The fourth-order valence-electron chi connectivity index (χ4n) is 6.86. The lowest BCUT2D eigenvalue weighted by Gasteiger charge is -2.29. The summed E-state index contributed by atoms with van der Waals surface area (Å²) in [6.07, 6.45) is 15.8. The summed E-state index contributed by atoms with van der Waals surface area (Å²) in [6, 6.07) is 19.8. The van der Waals surface area contributed by atoms with Gasteiger partial charge in [0.25, 0.3) is 0 Å². The Morgan fingerprint density at radius 3 is 1.53 bits per heavy atom. The van der Waals surface area contributed by atoms with Gasteiger partial charge in [-0.15, -0.1) is 0 Å². The number of piperidine rings is 1. The van der Waals surface area contributed by atoms with Crippen LogP contribution in [0.2, 0.25) is 0 Å². The van der Waals surface area contributed by atoms with Crippen LogP contribution in [0, 0.1) is 11.8 Å². The molecule has 6 heteroatoms. The number of nitrogens with zero attached hydrogens (tertiary/aromatic N) is 3. The van der Waals surface area contributed by atoms with Crippen LogP contribution in [-0.4, -0.2) is 71.9 Å². The number of aromatic nitrogens is 1. The van der Waals surface area contributed by atoms with Crippen molar-refractivity contribution in [1.82, 2.24) is 14.4 Å². The maximum absolute atomic E-state index is 5.43. The van der Waals surface area contributed by atoms with Gasteiger partial charge in [-0.1, -0.05) is 110 Å². The van der Waals surface area contributed by atoms with Gasteiger partial charge >= 0.3 is 0 Å².